The molecule has 3 rings (SSSR count). The maximum Gasteiger partial charge on any atom is 0.270 e. The Labute approximate surface area is 125 Å². The molecular weight excluding hydrogens is 262 g/mol. The topological polar surface area (TPSA) is 54.0 Å². The fraction of sp³-hybridized carbons (Fsp3) is 0.412. The van der Waals surface area contributed by atoms with Crippen LogP contribution in [0.3, 0.4) is 0 Å². The number of carbonyl (C=O) groups excluding carboxylic acids is 1. The van der Waals surface area contributed by atoms with Crippen LogP contribution in [0.5, 0.6) is 0 Å². The van der Waals surface area contributed by atoms with Crippen molar-refractivity contribution >= 4 is 16.8 Å². The van der Waals surface area contributed by atoms with Crippen molar-refractivity contribution in [2.45, 2.75) is 37.8 Å². The summed E-state index contributed by atoms with van der Waals surface area (Å²) in [6, 6.07) is 12.5. The molecule has 1 amide bonds. The van der Waals surface area contributed by atoms with Gasteiger partial charge < -0.3 is 10.6 Å². The Morgan fingerprint density at radius 2 is 1.76 bits per heavy atom. The van der Waals surface area contributed by atoms with Gasteiger partial charge in [-0.25, -0.2) is 4.98 Å². The molecule has 0 unspecified atom stereocenters. The minimum absolute atomic E-state index is 0.0614. The number of carbonyl (C=O) groups is 1. The SMILES string of the molecule is CNC1CCC(NC(=O)c2ccc3ccccc3n2)CC1. The first kappa shape index (κ1) is 14.0. The number of amides is 1. The van der Waals surface area contributed by atoms with Crippen molar-refractivity contribution in [1.82, 2.24) is 15.6 Å². The van der Waals surface area contributed by atoms with Crippen LogP contribution < -0.4 is 10.6 Å². The van der Waals surface area contributed by atoms with Crippen molar-refractivity contribution in [2.24, 2.45) is 0 Å². The fourth-order valence-electron chi connectivity index (χ4n) is 2.98. The van der Waals surface area contributed by atoms with E-state index in [4.69, 9.17) is 0 Å². The maximum absolute atomic E-state index is 12.3. The van der Waals surface area contributed by atoms with E-state index in [1.807, 2.05) is 37.4 Å². The van der Waals surface area contributed by atoms with Crippen LogP contribution in [0, 0.1) is 0 Å². The number of rotatable bonds is 3. The van der Waals surface area contributed by atoms with Crippen LogP contribution in [0.15, 0.2) is 36.4 Å². The van der Waals surface area contributed by atoms with Gasteiger partial charge in [-0.3, -0.25) is 4.79 Å². The number of benzene rings is 1. The summed E-state index contributed by atoms with van der Waals surface area (Å²) in [6.07, 6.45) is 4.30. The third-order valence-corrected chi connectivity index (χ3v) is 4.30. The molecule has 0 radical (unpaired) electrons. The monoisotopic (exact) mass is 283 g/mol. The lowest BCUT2D eigenvalue weighted by Gasteiger charge is -2.28. The van der Waals surface area contributed by atoms with Crippen LogP contribution in [-0.2, 0) is 0 Å². The quantitative estimate of drug-likeness (QED) is 0.910. The summed E-state index contributed by atoms with van der Waals surface area (Å²) >= 11 is 0. The average Bonchev–Trinajstić information content (AvgIpc) is 2.55. The number of pyridine rings is 1. The third kappa shape index (κ3) is 3.22. The van der Waals surface area contributed by atoms with Gasteiger partial charge in [0.1, 0.15) is 5.69 Å². The molecule has 0 bridgehead atoms. The highest BCUT2D eigenvalue weighted by Gasteiger charge is 2.22. The molecule has 4 nitrogen and oxygen atoms in total. The Morgan fingerprint density at radius 1 is 1.05 bits per heavy atom. The summed E-state index contributed by atoms with van der Waals surface area (Å²) in [5.74, 6) is -0.0614. The minimum atomic E-state index is -0.0614. The van der Waals surface area contributed by atoms with Crippen molar-refractivity contribution < 1.29 is 4.79 Å². The lowest BCUT2D eigenvalue weighted by atomic mass is 9.91. The van der Waals surface area contributed by atoms with Crippen LogP contribution in [0.1, 0.15) is 36.2 Å². The number of fused-ring (bicyclic) bond motifs is 1. The molecule has 21 heavy (non-hydrogen) atoms. The molecule has 1 aliphatic rings. The second kappa shape index (κ2) is 6.22. The van der Waals surface area contributed by atoms with E-state index >= 15 is 0 Å². The highest BCUT2D eigenvalue weighted by Crippen LogP contribution is 2.19. The molecule has 2 aromatic rings. The first-order valence-electron chi connectivity index (χ1n) is 7.60. The number of hydrogen-bond acceptors (Lipinski definition) is 3. The number of nitrogens with zero attached hydrogens (tertiary/aromatic N) is 1. The Hall–Kier alpha value is -1.94. The predicted octanol–water partition coefficient (Wildman–Crippen LogP) is 2.50. The Kier molecular flexibility index (Phi) is 4.15. The highest BCUT2D eigenvalue weighted by atomic mass is 16.1. The van der Waals surface area contributed by atoms with E-state index in [2.05, 4.69) is 15.6 Å². The number of aromatic nitrogens is 1. The largest absolute Gasteiger partial charge is 0.348 e. The number of nitrogens with one attached hydrogen (secondary N) is 2. The molecule has 1 heterocycles. The molecule has 0 atom stereocenters. The van der Waals surface area contributed by atoms with Crippen LogP contribution in [0.4, 0.5) is 0 Å². The van der Waals surface area contributed by atoms with E-state index in [9.17, 15) is 4.79 Å². The molecule has 4 heteroatoms. The van der Waals surface area contributed by atoms with Crippen LogP contribution >= 0.6 is 0 Å². The normalized spacial score (nSPS) is 22.1. The summed E-state index contributed by atoms with van der Waals surface area (Å²) < 4.78 is 0. The second-order valence-corrected chi connectivity index (χ2v) is 5.70. The van der Waals surface area contributed by atoms with Gasteiger partial charge >= 0.3 is 0 Å². The molecule has 1 aromatic carbocycles. The van der Waals surface area contributed by atoms with E-state index in [0.717, 1.165) is 36.6 Å². The van der Waals surface area contributed by atoms with Gasteiger partial charge in [0.15, 0.2) is 0 Å². The van der Waals surface area contributed by atoms with Crippen molar-refractivity contribution in [2.75, 3.05) is 7.05 Å². The zero-order valence-corrected chi connectivity index (χ0v) is 12.3. The Bertz CT molecular complexity index is 633. The van der Waals surface area contributed by atoms with Crippen LogP contribution in [0.2, 0.25) is 0 Å². The molecule has 0 spiro atoms. The summed E-state index contributed by atoms with van der Waals surface area (Å²) in [5, 5.41) is 7.48. The minimum Gasteiger partial charge on any atom is -0.348 e. The van der Waals surface area contributed by atoms with Gasteiger partial charge in [-0.2, -0.15) is 0 Å². The lowest BCUT2D eigenvalue weighted by molar-refractivity contribution is 0.0920. The van der Waals surface area contributed by atoms with E-state index < -0.39 is 0 Å². The summed E-state index contributed by atoms with van der Waals surface area (Å²) in [4.78, 5) is 16.8. The van der Waals surface area contributed by atoms with E-state index in [0.29, 0.717) is 11.7 Å². The molecule has 1 fully saturated rings. The second-order valence-electron chi connectivity index (χ2n) is 5.70. The zero-order chi connectivity index (χ0) is 14.7. The molecule has 0 aliphatic heterocycles. The predicted molar refractivity (Wildman–Crippen MR) is 84.3 cm³/mol. The molecule has 1 saturated carbocycles. The van der Waals surface area contributed by atoms with Crippen molar-refractivity contribution in [1.29, 1.82) is 0 Å². The lowest BCUT2D eigenvalue weighted by Crippen LogP contribution is -2.41. The maximum atomic E-state index is 12.3. The molecule has 1 aliphatic carbocycles. The van der Waals surface area contributed by atoms with Gasteiger partial charge in [0.05, 0.1) is 5.52 Å². The van der Waals surface area contributed by atoms with Gasteiger partial charge in [-0.15, -0.1) is 0 Å². The molecule has 0 saturated heterocycles. The van der Waals surface area contributed by atoms with Gasteiger partial charge in [0.25, 0.3) is 5.91 Å². The Balaban J connectivity index is 1.67. The van der Waals surface area contributed by atoms with E-state index in [-0.39, 0.29) is 11.9 Å². The standard InChI is InChI=1S/C17H21N3O/c1-18-13-7-9-14(10-8-13)19-17(21)16-11-6-12-4-2-3-5-15(12)20-16/h2-6,11,13-14,18H,7-10H2,1H3,(H,19,21). The molecule has 1 aromatic heterocycles. The van der Waals surface area contributed by atoms with Crippen LogP contribution in [0.25, 0.3) is 10.9 Å². The Morgan fingerprint density at radius 3 is 2.52 bits per heavy atom. The van der Waals surface area contributed by atoms with Crippen molar-refractivity contribution in [3.05, 3.63) is 42.1 Å². The van der Waals surface area contributed by atoms with Gasteiger partial charge in [-0.05, 0) is 44.9 Å². The van der Waals surface area contributed by atoms with Gasteiger partial charge in [0.2, 0.25) is 0 Å². The first-order valence-corrected chi connectivity index (χ1v) is 7.60. The highest BCUT2D eigenvalue weighted by molar-refractivity contribution is 5.95. The number of para-hydroxylation sites is 1. The molecule has 110 valence electrons. The van der Waals surface area contributed by atoms with E-state index in [1.54, 1.807) is 6.07 Å². The van der Waals surface area contributed by atoms with E-state index in [1.165, 1.54) is 0 Å². The van der Waals surface area contributed by atoms with Gasteiger partial charge in [0, 0.05) is 17.5 Å². The van der Waals surface area contributed by atoms with Gasteiger partial charge in [-0.1, -0.05) is 24.3 Å². The zero-order valence-electron chi connectivity index (χ0n) is 12.3. The molecular formula is C17H21N3O. The van der Waals surface area contributed by atoms with Crippen molar-refractivity contribution in [3.63, 3.8) is 0 Å². The summed E-state index contributed by atoms with van der Waals surface area (Å²) in [5.41, 5.74) is 1.37. The number of hydrogen-bond donors (Lipinski definition) is 2. The van der Waals surface area contributed by atoms with Crippen LogP contribution in [-0.4, -0.2) is 30.0 Å². The molecule has 2 N–H and O–H groups in total. The average molecular weight is 283 g/mol. The summed E-state index contributed by atoms with van der Waals surface area (Å²) in [7, 11) is 2.00. The fourth-order valence-corrected chi connectivity index (χ4v) is 2.98. The van der Waals surface area contributed by atoms with Crippen molar-refractivity contribution in [3.8, 4) is 0 Å². The first-order chi connectivity index (χ1) is 10.3. The third-order valence-electron chi connectivity index (χ3n) is 4.30. The smallest absolute Gasteiger partial charge is 0.270 e. The summed E-state index contributed by atoms with van der Waals surface area (Å²) in [6.45, 7) is 0.